The van der Waals surface area contributed by atoms with E-state index in [1.54, 1.807) is 0 Å². The quantitative estimate of drug-likeness (QED) is 0.234. The molecule has 0 bridgehead atoms. The summed E-state index contributed by atoms with van der Waals surface area (Å²) in [5, 5.41) is 2.23. The van der Waals surface area contributed by atoms with E-state index < -0.39 is 0 Å². The Hall–Kier alpha value is -3.20. The van der Waals surface area contributed by atoms with Crippen molar-refractivity contribution in [3.05, 3.63) is 97.1 Å². The molecule has 0 unspecified atom stereocenters. The minimum atomic E-state index is 0. The number of fused-ring (bicyclic) bond motifs is 4. The van der Waals surface area contributed by atoms with E-state index in [2.05, 4.69) is 34.9 Å². The summed E-state index contributed by atoms with van der Waals surface area (Å²) in [7, 11) is 0. The molecule has 0 spiro atoms. The first kappa shape index (κ1) is 17.9. The number of aromatic nitrogens is 2. The maximum Gasteiger partial charge on any atom is 0.135 e. The Morgan fingerprint density at radius 3 is 2.45 bits per heavy atom. The third kappa shape index (κ3) is 2.80. The number of nitrogens with zero attached hydrogens (tertiary/aromatic N) is 2. The Morgan fingerprint density at radius 2 is 1.55 bits per heavy atom. The molecule has 0 saturated heterocycles. The van der Waals surface area contributed by atoms with Gasteiger partial charge in [-0.15, -0.1) is 35.9 Å². The van der Waals surface area contributed by atoms with Crippen molar-refractivity contribution >= 4 is 33.0 Å². The number of para-hydroxylation sites is 3. The zero-order chi connectivity index (χ0) is 18.5. The molecule has 0 fully saturated rings. The summed E-state index contributed by atoms with van der Waals surface area (Å²) in [5.74, 6) is 0.883. The average molecular weight is 552 g/mol. The van der Waals surface area contributed by atoms with Crippen molar-refractivity contribution in [2.24, 2.45) is 0 Å². The molecule has 2 heterocycles. The van der Waals surface area contributed by atoms with Crippen LogP contribution in [0.3, 0.4) is 0 Å². The normalized spacial score (nSPS) is 11.2. The summed E-state index contributed by atoms with van der Waals surface area (Å²) in [6, 6.07) is 33.9. The minimum Gasteiger partial charge on any atom is -0.456 e. The summed E-state index contributed by atoms with van der Waals surface area (Å²) in [6.07, 6.45) is 0. The van der Waals surface area contributed by atoms with Crippen molar-refractivity contribution < 1.29 is 24.5 Å². The second-order valence-electron chi connectivity index (χ2n) is 6.81. The summed E-state index contributed by atoms with van der Waals surface area (Å²) >= 11 is 0. The van der Waals surface area contributed by atoms with Crippen molar-refractivity contribution in [3.8, 4) is 17.1 Å². The van der Waals surface area contributed by atoms with Gasteiger partial charge in [0.15, 0.2) is 0 Å². The summed E-state index contributed by atoms with van der Waals surface area (Å²) in [5.41, 5.74) is 5.86. The van der Waals surface area contributed by atoms with Gasteiger partial charge in [0, 0.05) is 36.6 Å². The van der Waals surface area contributed by atoms with Crippen LogP contribution >= 0.6 is 0 Å². The molecule has 6 rings (SSSR count). The molecule has 141 valence electrons. The molecular formula is C25H15IrN2O-. The van der Waals surface area contributed by atoms with Gasteiger partial charge in [0.05, 0.1) is 16.9 Å². The fourth-order valence-corrected chi connectivity index (χ4v) is 3.85. The van der Waals surface area contributed by atoms with Crippen LogP contribution in [0.15, 0.2) is 95.4 Å². The third-order valence-electron chi connectivity index (χ3n) is 5.13. The smallest absolute Gasteiger partial charge is 0.135 e. The van der Waals surface area contributed by atoms with Gasteiger partial charge < -0.3 is 8.98 Å². The zero-order valence-corrected chi connectivity index (χ0v) is 17.7. The zero-order valence-electron chi connectivity index (χ0n) is 15.3. The number of benzene rings is 4. The molecule has 1 radical (unpaired) electrons. The van der Waals surface area contributed by atoms with Crippen molar-refractivity contribution in [3.63, 3.8) is 0 Å². The molecule has 2 aromatic heterocycles. The van der Waals surface area contributed by atoms with E-state index >= 15 is 0 Å². The van der Waals surface area contributed by atoms with E-state index in [9.17, 15) is 0 Å². The maximum absolute atomic E-state index is 6.00. The molecule has 0 saturated carbocycles. The van der Waals surface area contributed by atoms with Crippen LogP contribution in [0.5, 0.6) is 0 Å². The average Bonchev–Trinajstić information content (AvgIpc) is 3.32. The van der Waals surface area contributed by atoms with E-state index in [4.69, 9.17) is 9.40 Å². The van der Waals surface area contributed by atoms with Gasteiger partial charge in [-0.25, -0.2) is 0 Å². The molecule has 0 atom stereocenters. The van der Waals surface area contributed by atoms with Crippen LogP contribution in [0, 0.1) is 6.07 Å². The summed E-state index contributed by atoms with van der Waals surface area (Å²) < 4.78 is 8.19. The topological polar surface area (TPSA) is 31.0 Å². The van der Waals surface area contributed by atoms with Gasteiger partial charge in [0.1, 0.15) is 11.2 Å². The summed E-state index contributed by atoms with van der Waals surface area (Å²) in [4.78, 5) is 4.90. The fourth-order valence-electron chi connectivity index (χ4n) is 3.85. The van der Waals surface area contributed by atoms with Gasteiger partial charge in [0.25, 0.3) is 0 Å². The van der Waals surface area contributed by atoms with Crippen molar-refractivity contribution in [1.82, 2.24) is 9.55 Å². The maximum atomic E-state index is 6.00. The number of hydrogen-bond acceptors (Lipinski definition) is 2. The van der Waals surface area contributed by atoms with Crippen LogP contribution < -0.4 is 0 Å². The van der Waals surface area contributed by atoms with Gasteiger partial charge >= 0.3 is 0 Å². The molecule has 0 aliphatic heterocycles. The van der Waals surface area contributed by atoms with Crippen LogP contribution in [0.4, 0.5) is 0 Å². The second-order valence-corrected chi connectivity index (χ2v) is 6.81. The van der Waals surface area contributed by atoms with Crippen LogP contribution in [0.1, 0.15) is 0 Å². The van der Waals surface area contributed by atoms with Gasteiger partial charge in [-0.1, -0.05) is 30.3 Å². The first-order chi connectivity index (χ1) is 13.9. The monoisotopic (exact) mass is 552 g/mol. The molecule has 6 aromatic rings. The molecule has 4 heteroatoms. The van der Waals surface area contributed by atoms with Crippen LogP contribution in [-0.2, 0) is 20.1 Å². The van der Waals surface area contributed by atoms with Gasteiger partial charge in [0.2, 0.25) is 0 Å². The Morgan fingerprint density at radius 1 is 0.759 bits per heavy atom. The second kappa shape index (κ2) is 7.00. The predicted molar refractivity (Wildman–Crippen MR) is 113 cm³/mol. The van der Waals surface area contributed by atoms with E-state index in [1.807, 2.05) is 66.7 Å². The molecule has 4 aromatic carbocycles. The fraction of sp³-hybridized carbons (Fsp3) is 0. The van der Waals surface area contributed by atoms with Gasteiger partial charge in [-0.2, -0.15) is 0 Å². The van der Waals surface area contributed by atoms with Gasteiger partial charge in [-0.3, -0.25) is 4.98 Å². The molecule has 0 aliphatic rings. The van der Waals surface area contributed by atoms with Crippen LogP contribution in [0.2, 0.25) is 0 Å². The van der Waals surface area contributed by atoms with E-state index in [0.29, 0.717) is 0 Å². The SMILES string of the molecule is [Ir].[c-]1ccccc1-c1nc2ccccc2n1-c1ccc2oc3ccccc3c2c1. The minimum absolute atomic E-state index is 0. The number of rotatable bonds is 2. The van der Waals surface area contributed by atoms with Crippen LogP contribution in [-0.4, -0.2) is 9.55 Å². The Kier molecular flexibility index (Phi) is 4.31. The first-order valence-corrected chi connectivity index (χ1v) is 9.25. The van der Waals surface area contributed by atoms with E-state index in [-0.39, 0.29) is 20.1 Å². The third-order valence-corrected chi connectivity index (χ3v) is 5.13. The van der Waals surface area contributed by atoms with Crippen molar-refractivity contribution in [2.45, 2.75) is 0 Å². The van der Waals surface area contributed by atoms with Crippen LogP contribution in [0.25, 0.3) is 50.0 Å². The molecule has 3 nitrogen and oxygen atoms in total. The van der Waals surface area contributed by atoms with Crippen molar-refractivity contribution in [1.29, 1.82) is 0 Å². The molecule has 0 N–H and O–H groups in total. The number of imidazole rings is 1. The standard InChI is InChI=1S/C25H15N2O.Ir/c1-2-8-17(9-3-1)25-26-21-11-5-6-12-22(21)27(25)18-14-15-24-20(16-18)19-10-4-7-13-23(19)28-24;/h1-8,10-16H;/q-1;. The molecule has 0 aliphatic carbocycles. The summed E-state index contributed by atoms with van der Waals surface area (Å²) in [6.45, 7) is 0. The number of furan rings is 1. The largest absolute Gasteiger partial charge is 0.456 e. The Labute approximate surface area is 181 Å². The van der Waals surface area contributed by atoms with Gasteiger partial charge in [-0.05, 0) is 36.4 Å². The van der Waals surface area contributed by atoms with Crippen molar-refractivity contribution in [2.75, 3.05) is 0 Å². The van der Waals surface area contributed by atoms with E-state index in [0.717, 1.165) is 50.0 Å². The first-order valence-electron chi connectivity index (χ1n) is 9.25. The molecular weight excluding hydrogens is 537 g/mol. The van der Waals surface area contributed by atoms with E-state index in [1.165, 1.54) is 0 Å². The molecule has 29 heavy (non-hydrogen) atoms. The molecule has 0 amide bonds. The Balaban J connectivity index is 0.00000181. The number of hydrogen-bond donors (Lipinski definition) is 0. The Bertz CT molecular complexity index is 1460. The predicted octanol–water partition coefficient (Wildman–Crippen LogP) is 6.39.